The van der Waals surface area contributed by atoms with Crippen LogP contribution in [-0.4, -0.2) is 16.6 Å². The Morgan fingerprint density at radius 1 is 1.26 bits per heavy atom. The summed E-state index contributed by atoms with van der Waals surface area (Å²) in [4.78, 5) is 7.94. The average molecular weight is 305 g/mol. The zero-order chi connectivity index (χ0) is 14.0. The average Bonchev–Trinajstić information content (AvgIpc) is 2.31. The second kappa shape index (κ2) is 5.67. The molecule has 0 N–H and O–H groups in total. The first-order valence-corrected chi connectivity index (χ1v) is 5.97. The number of benzene rings is 1. The normalized spacial score (nSPS) is 10.8. The topological polar surface area (TPSA) is 35.0 Å². The summed E-state index contributed by atoms with van der Waals surface area (Å²) >= 11 is 11.8. The van der Waals surface area contributed by atoms with Gasteiger partial charge in [0.1, 0.15) is 5.69 Å². The highest BCUT2D eigenvalue weighted by molar-refractivity contribution is 6.36. The highest BCUT2D eigenvalue weighted by Crippen LogP contribution is 2.30. The van der Waals surface area contributed by atoms with Gasteiger partial charge in [0.2, 0.25) is 5.88 Å². The molecule has 0 saturated carbocycles. The molecule has 0 radical (unpaired) electrons. The van der Waals surface area contributed by atoms with Gasteiger partial charge in [0.05, 0.1) is 16.9 Å². The first kappa shape index (κ1) is 14.0. The van der Waals surface area contributed by atoms with Crippen molar-refractivity contribution in [1.29, 1.82) is 0 Å². The predicted molar refractivity (Wildman–Crippen MR) is 68.9 cm³/mol. The number of hydrogen-bond acceptors (Lipinski definition) is 3. The molecule has 0 amide bonds. The van der Waals surface area contributed by atoms with E-state index >= 15 is 0 Å². The van der Waals surface area contributed by atoms with Crippen LogP contribution in [-0.2, 0) is 0 Å². The molecule has 100 valence electrons. The van der Waals surface area contributed by atoms with E-state index in [0.29, 0.717) is 21.3 Å². The molecule has 0 spiro atoms. The van der Waals surface area contributed by atoms with Crippen LogP contribution in [0.15, 0.2) is 24.4 Å². The van der Waals surface area contributed by atoms with Gasteiger partial charge in [0.25, 0.3) is 0 Å². The lowest BCUT2D eigenvalue weighted by Crippen LogP contribution is -2.06. The molecule has 3 nitrogen and oxygen atoms in total. The molecule has 19 heavy (non-hydrogen) atoms. The smallest absolute Gasteiger partial charge is 0.388 e. The standard InChI is InChI=1S/C12H8Cl2F2N2O/c1-6-11(19-12(15)16)17-5-10(18-6)8-3-2-7(13)4-9(8)14/h2-5,12H,1H3. The first-order valence-electron chi connectivity index (χ1n) is 5.21. The van der Waals surface area contributed by atoms with Crippen molar-refractivity contribution in [2.45, 2.75) is 13.5 Å². The van der Waals surface area contributed by atoms with Crippen molar-refractivity contribution in [2.24, 2.45) is 0 Å². The largest absolute Gasteiger partial charge is 0.415 e. The minimum atomic E-state index is -2.93. The summed E-state index contributed by atoms with van der Waals surface area (Å²) in [6.45, 7) is -1.41. The van der Waals surface area contributed by atoms with E-state index in [4.69, 9.17) is 23.2 Å². The van der Waals surface area contributed by atoms with Crippen LogP contribution in [0.2, 0.25) is 10.0 Å². The SMILES string of the molecule is Cc1nc(-c2ccc(Cl)cc2Cl)cnc1OC(F)F. The van der Waals surface area contributed by atoms with Gasteiger partial charge in [0.15, 0.2) is 0 Å². The second-order valence-corrected chi connectivity index (χ2v) is 4.49. The summed E-state index contributed by atoms with van der Waals surface area (Å²) in [6, 6.07) is 4.91. The van der Waals surface area contributed by atoms with E-state index in [2.05, 4.69) is 14.7 Å². The number of nitrogens with zero attached hydrogens (tertiary/aromatic N) is 2. The Kier molecular flexibility index (Phi) is 4.17. The van der Waals surface area contributed by atoms with Crippen molar-refractivity contribution < 1.29 is 13.5 Å². The molecule has 2 aromatic rings. The van der Waals surface area contributed by atoms with Crippen molar-refractivity contribution in [2.75, 3.05) is 0 Å². The Morgan fingerprint density at radius 2 is 2.00 bits per heavy atom. The zero-order valence-electron chi connectivity index (χ0n) is 9.70. The van der Waals surface area contributed by atoms with E-state index in [-0.39, 0.29) is 11.6 Å². The Hall–Kier alpha value is -1.46. The summed E-state index contributed by atoms with van der Waals surface area (Å²) in [5.41, 5.74) is 1.33. The lowest BCUT2D eigenvalue weighted by atomic mass is 10.1. The fourth-order valence-corrected chi connectivity index (χ4v) is 2.00. The van der Waals surface area contributed by atoms with Gasteiger partial charge in [-0.2, -0.15) is 8.78 Å². The third kappa shape index (κ3) is 3.30. The van der Waals surface area contributed by atoms with Gasteiger partial charge in [-0.25, -0.2) is 9.97 Å². The molecule has 0 bridgehead atoms. The van der Waals surface area contributed by atoms with E-state index in [1.807, 2.05) is 0 Å². The Labute approximate surface area is 118 Å². The number of aryl methyl sites for hydroxylation is 1. The van der Waals surface area contributed by atoms with Crippen LogP contribution in [0.1, 0.15) is 5.69 Å². The Bertz CT molecular complexity index is 608. The van der Waals surface area contributed by atoms with E-state index in [1.165, 1.54) is 13.1 Å². The quantitative estimate of drug-likeness (QED) is 0.845. The van der Waals surface area contributed by atoms with E-state index in [1.54, 1.807) is 18.2 Å². The molecule has 1 aromatic heterocycles. The van der Waals surface area contributed by atoms with Crippen LogP contribution in [0.4, 0.5) is 8.78 Å². The van der Waals surface area contributed by atoms with E-state index in [9.17, 15) is 8.78 Å². The molecule has 1 aromatic carbocycles. The summed E-state index contributed by atoms with van der Waals surface area (Å²) in [7, 11) is 0. The highest BCUT2D eigenvalue weighted by atomic mass is 35.5. The maximum Gasteiger partial charge on any atom is 0.388 e. The molecule has 1 heterocycles. The van der Waals surface area contributed by atoms with Gasteiger partial charge in [-0.05, 0) is 25.1 Å². The van der Waals surface area contributed by atoms with Crippen LogP contribution in [0.3, 0.4) is 0 Å². The summed E-state index contributed by atoms with van der Waals surface area (Å²) in [5, 5.41) is 0.903. The lowest BCUT2D eigenvalue weighted by Gasteiger charge is -2.08. The first-order chi connectivity index (χ1) is 8.97. The highest BCUT2D eigenvalue weighted by Gasteiger charge is 2.12. The van der Waals surface area contributed by atoms with Gasteiger partial charge in [-0.15, -0.1) is 0 Å². The molecule has 2 rings (SSSR count). The Balaban J connectivity index is 2.39. The second-order valence-electron chi connectivity index (χ2n) is 3.65. The van der Waals surface area contributed by atoms with E-state index < -0.39 is 6.61 Å². The maximum atomic E-state index is 12.1. The number of rotatable bonds is 3. The zero-order valence-corrected chi connectivity index (χ0v) is 11.2. The van der Waals surface area contributed by atoms with Gasteiger partial charge in [0, 0.05) is 10.6 Å². The molecular formula is C12H8Cl2F2N2O. The molecule has 0 unspecified atom stereocenters. The van der Waals surface area contributed by atoms with Crippen molar-refractivity contribution in [1.82, 2.24) is 9.97 Å². The number of alkyl halides is 2. The molecule has 0 fully saturated rings. The van der Waals surface area contributed by atoms with Crippen LogP contribution in [0.25, 0.3) is 11.3 Å². The van der Waals surface area contributed by atoms with Crippen molar-refractivity contribution >= 4 is 23.2 Å². The van der Waals surface area contributed by atoms with Crippen LogP contribution in [0, 0.1) is 6.92 Å². The van der Waals surface area contributed by atoms with Crippen molar-refractivity contribution in [3.05, 3.63) is 40.1 Å². The molecule has 0 saturated heterocycles. The molecular weight excluding hydrogens is 297 g/mol. The molecule has 7 heteroatoms. The summed E-state index contributed by atoms with van der Waals surface area (Å²) < 4.78 is 28.4. The number of halogens is 4. The van der Waals surface area contributed by atoms with E-state index in [0.717, 1.165) is 0 Å². The van der Waals surface area contributed by atoms with Gasteiger partial charge >= 0.3 is 6.61 Å². The van der Waals surface area contributed by atoms with Crippen LogP contribution in [0.5, 0.6) is 5.88 Å². The number of ether oxygens (including phenoxy) is 1. The fourth-order valence-electron chi connectivity index (χ4n) is 1.50. The van der Waals surface area contributed by atoms with Crippen LogP contribution >= 0.6 is 23.2 Å². The maximum absolute atomic E-state index is 12.1. The Morgan fingerprint density at radius 3 is 2.58 bits per heavy atom. The minimum absolute atomic E-state index is 0.205. The van der Waals surface area contributed by atoms with Crippen molar-refractivity contribution in [3.63, 3.8) is 0 Å². The molecule has 0 aliphatic carbocycles. The van der Waals surface area contributed by atoms with Gasteiger partial charge in [-0.1, -0.05) is 23.2 Å². The monoisotopic (exact) mass is 304 g/mol. The van der Waals surface area contributed by atoms with Gasteiger partial charge in [-0.3, -0.25) is 0 Å². The summed E-state index contributed by atoms with van der Waals surface area (Å²) in [5.74, 6) is -0.205. The number of aromatic nitrogens is 2. The van der Waals surface area contributed by atoms with Crippen LogP contribution < -0.4 is 4.74 Å². The lowest BCUT2D eigenvalue weighted by molar-refractivity contribution is -0.0536. The fraction of sp³-hybridized carbons (Fsp3) is 0.167. The molecule has 0 aliphatic heterocycles. The molecule has 0 atom stereocenters. The summed E-state index contributed by atoms with van der Waals surface area (Å²) in [6.07, 6.45) is 1.32. The van der Waals surface area contributed by atoms with Gasteiger partial charge < -0.3 is 4.74 Å². The molecule has 0 aliphatic rings. The third-order valence-corrected chi connectivity index (χ3v) is 2.86. The number of hydrogen-bond donors (Lipinski definition) is 0. The van der Waals surface area contributed by atoms with Crippen molar-refractivity contribution in [3.8, 4) is 17.1 Å². The minimum Gasteiger partial charge on any atom is -0.415 e. The predicted octanol–water partition coefficient (Wildman–Crippen LogP) is 4.36. The third-order valence-electron chi connectivity index (χ3n) is 2.31.